The van der Waals surface area contributed by atoms with E-state index in [1.165, 1.54) is 11.1 Å². The Bertz CT molecular complexity index is 775. The standard InChI is InChI=1S/C22H28N6/c1-23-22(24-14-8-9-15-28-17-26-27-18-28)25-16-21(19-10-4-2-5-11-19)20-12-6-3-7-13-20/h2-7,10-13,17-18,21H,8-9,14-16H2,1H3,(H2,23,24,25). The van der Waals surface area contributed by atoms with Gasteiger partial charge in [0, 0.05) is 32.6 Å². The zero-order valence-electron chi connectivity index (χ0n) is 16.3. The number of hydrogen-bond donors (Lipinski definition) is 2. The number of aromatic nitrogens is 3. The third-order valence-electron chi connectivity index (χ3n) is 4.70. The minimum absolute atomic E-state index is 0.273. The van der Waals surface area contributed by atoms with Crippen LogP contribution < -0.4 is 10.6 Å². The fraction of sp³-hybridized carbons (Fsp3) is 0.318. The molecule has 0 spiro atoms. The van der Waals surface area contributed by atoms with Crippen LogP contribution in [0.4, 0.5) is 0 Å². The molecule has 2 N–H and O–H groups in total. The number of rotatable bonds is 9. The second-order valence-corrected chi connectivity index (χ2v) is 6.66. The van der Waals surface area contributed by atoms with Crippen molar-refractivity contribution in [2.24, 2.45) is 4.99 Å². The number of nitrogens with zero attached hydrogens (tertiary/aromatic N) is 4. The third kappa shape index (κ3) is 5.94. The van der Waals surface area contributed by atoms with E-state index in [4.69, 9.17) is 0 Å². The predicted octanol–water partition coefficient (Wildman–Crippen LogP) is 3.06. The molecule has 1 aromatic heterocycles. The fourth-order valence-electron chi connectivity index (χ4n) is 3.18. The zero-order chi connectivity index (χ0) is 19.4. The largest absolute Gasteiger partial charge is 0.356 e. The predicted molar refractivity (Wildman–Crippen MR) is 113 cm³/mol. The van der Waals surface area contributed by atoms with Crippen LogP contribution in [0.15, 0.2) is 78.3 Å². The summed E-state index contributed by atoms with van der Waals surface area (Å²) >= 11 is 0. The molecule has 0 aliphatic carbocycles. The van der Waals surface area contributed by atoms with Gasteiger partial charge in [-0.05, 0) is 24.0 Å². The zero-order valence-corrected chi connectivity index (χ0v) is 16.3. The van der Waals surface area contributed by atoms with Gasteiger partial charge in [0.25, 0.3) is 0 Å². The lowest BCUT2D eigenvalue weighted by atomic mass is 9.91. The van der Waals surface area contributed by atoms with E-state index < -0.39 is 0 Å². The molecule has 0 aliphatic heterocycles. The van der Waals surface area contributed by atoms with Gasteiger partial charge in [0.05, 0.1) is 0 Å². The molecule has 6 nitrogen and oxygen atoms in total. The number of aryl methyl sites for hydroxylation is 1. The normalized spacial score (nSPS) is 11.6. The highest BCUT2D eigenvalue weighted by atomic mass is 15.2. The summed E-state index contributed by atoms with van der Waals surface area (Å²) in [6, 6.07) is 21.2. The second-order valence-electron chi connectivity index (χ2n) is 6.66. The van der Waals surface area contributed by atoms with Gasteiger partial charge in [0.2, 0.25) is 0 Å². The van der Waals surface area contributed by atoms with Crippen LogP contribution in [0.1, 0.15) is 29.9 Å². The Morgan fingerprint density at radius 3 is 2.07 bits per heavy atom. The van der Waals surface area contributed by atoms with Crippen LogP contribution in [0.3, 0.4) is 0 Å². The molecule has 2 aromatic carbocycles. The first-order chi connectivity index (χ1) is 13.9. The third-order valence-corrected chi connectivity index (χ3v) is 4.70. The molecule has 3 rings (SSSR count). The number of aliphatic imine (C=N–C) groups is 1. The number of unbranched alkanes of at least 4 members (excludes halogenated alkanes) is 1. The first-order valence-electron chi connectivity index (χ1n) is 9.73. The van der Waals surface area contributed by atoms with E-state index in [1.807, 2.05) is 11.6 Å². The van der Waals surface area contributed by atoms with Gasteiger partial charge in [0.1, 0.15) is 12.7 Å². The SMILES string of the molecule is CN=C(NCCCCn1cnnc1)NCC(c1ccccc1)c1ccccc1. The Labute approximate surface area is 166 Å². The van der Waals surface area contributed by atoms with Gasteiger partial charge in [-0.15, -0.1) is 10.2 Å². The lowest BCUT2D eigenvalue weighted by Crippen LogP contribution is -2.40. The van der Waals surface area contributed by atoms with E-state index in [1.54, 1.807) is 12.7 Å². The Hall–Kier alpha value is -3.15. The maximum atomic E-state index is 4.36. The van der Waals surface area contributed by atoms with Crippen LogP contribution in [0.5, 0.6) is 0 Å². The summed E-state index contributed by atoms with van der Waals surface area (Å²) in [4.78, 5) is 4.36. The van der Waals surface area contributed by atoms with Crippen molar-refractivity contribution >= 4 is 5.96 Å². The molecule has 0 unspecified atom stereocenters. The van der Waals surface area contributed by atoms with Crippen molar-refractivity contribution in [3.05, 3.63) is 84.4 Å². The van der Waals surface area contributed by atoms with Gasteiger partial charge in [-0.2, -0.15) is 0 Å². The highest BCUT2D eigenvalue weighted by Crippen LogP contribution is 2.23. The molecule has 0 bridgehead atoms. The summed E-state index contributed by atoms with van der Waals surface area (Å²) in [6.45, 7) is 2.60. The van der Waals surface area contributed by atoms with Crippen molar-refractivity contribution in [3.63, 3.8) is 0 Å². The minimum atomic E-state index is 0.273. The van der Waals surface area contributed by atoms with E-state index in [0.29, 0.717) is 0 Å². The Kier molecular flexibility index (Phi) is 7.61. The maximum Gasteiger partial charge on any atom is 0.191 e. The van der Waals surface area contributed by atoms with E-state index in [2.05, 4.69) is 86.5 Å². The van der Waals surface area contributed by atoms with Crippen LogP contribution in [-0.4, -0.2) is 40.9 Å². The Morgan fingerprint density at radius 2 is 1.50 bits per heavy atom. The lowest BCUT2D eigenvalue weighted by molar-refractivity contribution is 0.596. The van der Waals surface area contributed by atoms with Crippen molar-refractivity contribution in [1.29, 1.82) is 0 Å². The molecule has 6 heteroatoms. The van der Waals surface area contributed by atoms with Gasteiger partial charge in [-0.3, -0.25) is 4.99 Å². The molecule has 0 amide bonds. The van der Waals surface area contributed by atoms with E-state index in [-0.39, 0.29) is 5.92 Å². The number of guanidine groups is 1. The molecule has 1 heterocycles. The Morgan fingerprint density at radius 1 is 0.893 bits per heavy atom. The molecule has 0 saturated carbocycles. The summed E-state index contributed by atoms with van der Waals surface area (Å²) < 4.78 is 2.00. The fourth-order valence-corrected chi connectivity index (χ4v) is 3.18. The van der Waals surface area contributed by atoms with Crippen LogP contribution >= 0.6 is 0 Å². The number of benzene rings is 2. The average molecular weight is 377 g/mol. The highest BCUT2D eigenvalue weighted by Gasteiger charge is 2.14. The van der Waals surface area contributed by atoms with Gasteiger partial charge in [0.15, 0.2) is 5.96 Å². The van der Waals surface area contributed by atoms with E-state index in [9.17, 15) is 0 Å². The smallest absolute Gasteiger partial charge is 0.191 e. The quantitative estimate of drug-likeness (QED) is 0.342. The second kappa shape index (κ2) is 10.9. The summed E-state index contributed by atoms with van der Waals surface area (Å²) in [6.07, 6.45) is 5.63. The van der Waals surface area contributed by atoms with Gasteiger partial charge >= 0.3 is 0 Å². The molecular formula is C22H28N6. The minimum Gasteiger partial charge on any atom is -0.356 e. The molecule has 0 atom stereocenters. The van der Waals surface area contributed by atoms with Crippen LogP contribution in [-0.2, 0) is 6.54 Å². The molecule has 146 valence electrons. The average Bonchev–Trinajstić information content (AvgIpc) is 3.27. The van der Waals surface area contributed by atoms with Crippen molar-refractivity contribution in [2.45, 2.75) is 25.3 Å². The summed E-state index contributed by atoms with van der Waals surface area (Å²) in [5, 5.41) is 14.5. The van der Waals surface area contributed by atoms with Crippen LogP contribution in [0.2, 0.25) is 0 Å². The van der Waals surface area contributed by atoms with Crippen LogP contribution in [0, 0.1) is 0 Å². The van der Waals surface area contributed by atoms with Gasteiger partial charge in [-0.25, -0.2) is 0 Å². The lowest BCUT2D eigenvalue weighted by Gasteiger charge is -2.20. The molecule has 3 aromatic rings. The summed E-state index contributed by atoms with van der Waals surface area (Å²) in [5.74, 6) is 1.11. The molecule has 28 heavy (non-hydrogen) atoms. The first-order valence-corrected chi connectivity index (χ1v) is 9.73. The first kappa shape index (κ1) is 19.6. The van der Waals surface area contributed by atoms with Crippen molar-refractivity contribution in [3.8, 4) is 0 Å². The van der Waals surface area contributed by atoms with Crippen molar-refractivity contribution in [2.75, 3.05) is 20.1 Å². The molecule has 0 radical (unpaired) electrons. The maximum absolute atomic E-state index is 4.36. The van der Waals surface area contributed by atoms with Gasteiger partial charge < -0.3 is 15.2 Å². The van der Waals surface area contributed by atoms with E-state index >= 15 is 0 Å². The number of hydrogen-bond acceptors (Lipinski definition) is 3. The molecule has 0 fully saturated rings. The number of nitrogens with one attached hydrogen (secondary N) is 2. The highest BCUT2D eigenvalue weighted by molar-refractivity contribution is 5.79. The Balaban J connectivity index is 1.50. The molecular weight excluding hydrogens is 348 g/mol. The monoisotopic (exact) mass is 376 g/mol. The molecule has 0 aliphatic rings. The van der Waals surface area contributed by atoms with Crippen LogP contribution in [0.25, 0.3) is 0 Å². The van der Waals surface area contributed by atoms with Crippen molar-refractivity contribution < 1.29 is 0 Å². The topological polar surface area (TPSA) is 67.1 Å². The summed E-state index contributed by atoms with van der Waals surface area (Å²) in [5.41, 5.74) is 2.59. The van der Waals surface area contributed by atoms with Gasteiger partial charge in [-0.1, -0.05) is 60.7 Å². The molecule has 0 saturated heterocycles. The summed E-state index contributed by atoms with van der Waals surface area (Å²) in [7, 11) is 1.81. The van der Waals surface area contributed by atoms with Crippen molar-refractivity contribution in [1.82, 2.24) is 25.4 Å². The van der Waals surface area contributed by atoms with E-state index in [0.717, 1.165) is 38.4 Å².